The van der Waals surface area contributed by atoms with Crippen molar-refractivity contribution in [1.82, 2.24) is 0 Å². The Labute approximate surface area is 122 Å². The molecule has 0 saturated carbocycles. The van der Waals surface area contributed by atoms with Gasteiger partial charge in [0.15, 0.2) is 0 Å². The standard InChI is InChI=1S/C13H12Br2OS/c1-8-3-11(4-9(2)13(8)15)16-6-12-5-10(14)7-17-12/h3-5,7H,6H2,1-2H3. The zero-order valence-electron chi connectivity index (χ0n) is 9.59. The van der Waals surface area contributed by atoms with Gasteiger partial charge in [0, 0.05) is 19.2 Å². The van der Waals surface area contributed by atoms with Crippen molar-refractivity contribution >= 4 is 43.2 Å². The molecule has 0 radical (unpaired) electrons. The van der Waals surface area contributed by atoms with Crippen molar-refractivity contribution < 1.29 is 4.74 Å². The third-order valence-corrected chi connectivity index (χ3v) is 5.33. The third kappa shape index (κ3) is 3.33. The molecule has 0 aliphatic rings. The van der Waals surface area contributed by atoms with Crippen molar-refractivity contribution in [2.45, 2.75) is 20.5 Å². The average Bonchev–Trinajstić information content (AvgIpc) is 2.69. The Morgan fingerprint density at radius 3 is 2.29 bits per heavy atom. The summed E-state index contributed by atoms with van der Waals surface area (Å²) in [6.07, 6.45) is 0. The number of halogens is 2. The molecule has 0 aliphatic carbocycles. The third-order valence-electron chi connectivity index (χ3n) is 2.41. The molecular formula is C13H12Br2OS. The van der Waals surface area contributed by atoms with E-state index in [9.17, 15) is 0 Å². The van der Waals surface area contributed by atoms with Crippen molar-refractivity contribution in [1.29, 1.82) is 0 Å². The Morgan fingerprint density at radius 2 is 1.76 bits per heavy atom. The van der Waals surface area contributed by atoms with Gasteiger partial charge in [-0.2, -0.15) is 0 Å². The molecule has 0 N–H and O–H groups in total. The molecule has 0 bridgehead atoms. The van der Waals surface area contributed by atoms with Crippen molar-refractivity contribution in [2.75, 3.05) is 0 Å². The van der Waals surface area contributed by atoms with Crippen LogP contribution in [0.5, 0.6) is 5.75 Å². The van der Waals surface area contributed by atoms with Gasteiger partial charge in [-0.15, -0.1) is 11.3 Å². The highest BCUT2D eigenvalue weighted by Gasteiger charge is 2.04. The Bertz CT molecular complexity index is 511. The van der Waals surface area contributed by atoms with Gasteiger partial charge in [-0.3, -0.25) is 0 Å². The maximum absolute atomic E-state index is 5.79. The number of hydrogen-bond acceptors (Lipinski definition) is 2. The van der Waals surface area contributed by atoms with E-state index < -0.39 is 0 Å². The van der Waals surface area contributed by atoms with E-state index in [0.29, 0.717) is 6.61 Å². The fraction of sp³-hybridized carbons (Fsp3) is 0.231. The van der Waals surface area contributed by atoms with E-state index in [4.69, 9.17) is 4.74 Å². The summed E-state index contributed by atoms with van der Waals surface area (Å²) < 4.78 is 8.06. The van der Waals surface area contributed by atoms with Crippen LogP contribution in [0.2, 0.25) is 0 Å². The molecule has 0 amide bonds. The van der Waals surface area contributed by atoms with E-state index in [1.165, 1.54) is 16.0 Å². The molecule has 1 nitrogen and oxygen atoms in total. The fourth-order valence-corrected chi connectivity index (χ4v) is 3.16. The Morgan fingerprint density at radius 1 is 1.12 bits per heavy atom. The van der Waals surface area contributed by atoms with Crippen LogP contribution in [0.3, 0.4) is 0 Å². The molecule has 4 heteroatoms. The minimum absolute atomic E-state index is 0.622. The molecule has 0 atom stereocenters. The second kappa shape index (κ2) is 5.55. The summed E-state index contributed by atoms with van der Waals surface area (Å²) >= 11 is 8.69. The molecule has 17 heavy (non-hydrogen) atoms. The van der Waals surface area contributed by atoms with E-state index in [2.05, 4.69) is 69.3 Å². The van der Waals surface area contributed by atoms with Crippen LogP contribution in [0.4, 0.5) is 0 Å². The topological polar surface area (TPSA) is 9.23 Å². The van der Waals surface area contributed by atoms with Crippen LogP contribution < -0.4 is 4.74 Å². The first-order chi connectivity index (χ1) is 8.06. The summed E-state index contributed by atoms with van der Waals surface area (Å²) in [6.45, 7) is 4.77. The quantitative estimate of drug-likeness (QED) is 0.691. The second-order valence-corrected chi connectivity index (χ2v) is 6.60. The first-order valence-electron chi connectivity index (χ1n) is 5.18. The van der Waals surface area contributed by atoms with Crippen LogP contribution in [0.1, 0.15) is 16.0 Å². The zero-order valence-corrected chi connectivity index (χ0v) is 13.6. The highest BCUT2D eigenvalue weighted by Crippen LogP contribution is 2.27. The molecule has 1 aromatic carbocycles. The number of ether oxygens (including phenoxy) is 1. The maximum atomic E-state index is 5.79. The number of hydrogen-bond donors (Lipinski definition) is 0. The van der Waals surface area contributed by atoms with Gasteiger partial charge >= 0.3 is 0 Å². The molecule has 90 valence electrons. The van der Waals surface area contributed by atoms with Crippen molar-refractivity contribution in [2.24, 2.45) is 0 Å². The number of aryl methyl sites for hydroxylation is 2. The Hall–Kier alpha value is -0.320. The number of thiophene rings is 1. The zero-order chi connectivity index (χ0) is 12.4. The molecule has 2 rings (SSSR count). The summed E-state index contributed by atoms with van der Waals surface area (Å²) in [6, 6.07) is 6.20. The second-order valence-electron chi connectivity index (χ2n) is 3.89. The summed E-state index contributed by atoms with van der Waals surface area (Å²) in [5, 5.41) is 2.07. The van der Waals surface area contributed by atoms with Gasteiger partial charge in [0.25, 0.3) is 0 Å². The van der Waals surface area contributed by atoms with Crippen molar-refractivity contribution in [3.05, 3.63) is 48.5 Å². The molecule has 1 heterocycles. The Balaban J connectivity index is 2.09. The van der Waals surface area contributed by atoms with E-state index in [1.807, 2.05) is 0 Å². The Kier molecular flexibility index (Phi) is 4.28. The van der Waals surface area contributed by atoms with Gasteiger partial charge < -0.3 is 4.74 Å². The summed E-state index contributed by atoms with van der Waals surface area (Å²) in [7, 11) is 0. The minimum atomic E-state index is 0.622. The minimum Gasteiger partial charge on any atom is -0.488 e. The van der Waals surface area contributed by atoms with E-state index in [-0.39, 0.29) is 0 Å². The lowest BCUT2D eigenvalue weighted by Crippen LogP contribution is -1.94. The molecule has 2 aromatic rings. The van der Waals surface area contributed by atoms with Crippen LogP contribution in [0.15, 0.2) is 32.5 Å². The lowest BCUT2D eigenvalue weighted by Gasteiger charge is -2.09. The first kappa shape index (κ1) is 13.1. The maximum Gasteiger partial charge on any atom is 0.122 e. The van der Waals surface area contributed by atoms with Crippen LogP contribution in [0.25, 0.3) is 0 Å². The highest BCUT2D eigenvalue weighted by atomic mass is 79.9. The molecule has 0 unspecified atom stereocenters. The SMILES string of the molecule is Cc1cc(OCc2cc(Br)cs2)cc(C)c1Br. The van der Waals surface area contributed by atoms with Gasteiger partial charge in [0.1, 0.15) is 12.4 Å². The van der Waals surface area contributed by atoms with Crippen LogP contribution >= 0.6 is 43.2 Å². The molecule has 0 spiro atoms. The van der Waals surface area contributed by atoms with Crippen LogP contribution in [0, 0.1) is 13.8 Å². The summed E-state index contributed by atoms with van der Waals surface area (Å²) in [4.78, 5) is 1.22. The van der Waals surface area contributed by atoms with Gasteiger partial charge in [-0.1, -0.05) is 15.9 Å². The van der Waals surface area contributed by atoms with Crippen LogP contribution in [-0.2, 0) is 6.61 Å². The first-order valence-corrected chi connectivity index (χ1v) is 7.65. The summed E-state index contributed by atoms with van der Waals surface area (Å²) in [5.74, 6) is 0.924. The predicted molar refractivity (Wildman–Crippen MR) is 80.0 cm³/mol. The van der Waals surface area contributed by atoms with E-state index in [0.717, 1.165) is 14.7 Å². The normalized spacial score (nSPS) is 10.6. The molecule has 0 fully saturated rings. The molecule has 0 saturated heterocycles. The molecular weight excluding hydrogens is 364 g/mol. The van der Waals surface area contributed by atoms with Gasteiger partial charge in [0.2, 0.25) is 0 Å². The monoisotopic (exact) mass is 374 g/mol. The lowest BCUT2D eigenvalue weighted by atomic mass is 10.1. The van der Waals surface area contributed by atoms with E-state index in [1.54, 1.807) is 11.3 Å². The van der Waals surface area contributed by atoms with Crippen LogP contribution in [-0.4, -0.2) is 0 Å². The number of rotatable bonds is 3. The number of benzene rings is 1. The van der Waals surface area contributed by atoms with Gasteiger partial charge in [0.05, 0.1) is 0 Å². The fourth-order valence-electron chi connectivity index (χ4n) is 1.57. The molecule has 0 aliphatic heterocycles. The summed E-state index contributed by atoms with van der Waals surface area (Å²) in [5.41, 5.74) is 2.40. The largest absolute Gasteiger partial charge is 0.488 e. The smallest absolute Gasteiger partial charge is 0.122 e. The predicted octanol–water partition coefficient (Wildman–Crippen LogP) is 5.47. The van der Waals surface area contributed by atoms with Crippen molar-refractivity contribution in [3.63, 3.8) is 0 Å². The lowest BCUT2D eigenvalue weighted by molar-refractivity contribution is 0.309. The molecule has 1 aromatic heterocycles. The average molecular weight is 376 g/mol. The highest BCUT2D eigenvalue weighted by molar-refractivity contribution is 9.10. The van der Waals surface area contributed by atoms with Gasteiger partial charge in [-0.05, 0) is 59.1 Å². The van der Waals surface area contributed by atoms with E-state index >= 15 is 0 Å². The van der Waals surface area contributed by atoms with Gasteiger partial charge in [-0.25, -0.2) is 0 Å². The van der Waals surface area contributed by atoms with Crippen molar-refractivity contribution in [3.8, 4) is 5.75 Å².